The molecule has 0 aromatic heterocycles. The summed E-state index contributed by atoms with van der Waals surface area (Å²) in [5.41, 5.74) is 5.49. The first-order valence-corrected chi connectivity index (χ1v) is 5.06. The van der Waals surface area contributed by atoms with Gasteiger partial charge in [-0.3, -0.25) is 9.69 Å². The van der Waals surface area contributed by atoms with Gasteiger partial charge in [-0.05, 0) is 27.8 Å². The molecule has 0 aliphatic carbocycles. The largest absolute Gasteiger partial charge is 0.341 e. The van der Waals surface area contributed by atoms with Crippen LogP contribution in [0.3, 0.4) is 0 Å². The summed E-state index contributed by atoms with van der Waals surface area (Å²) < 4.78 is 0. The second kappa shape index (κ2) is 10.1. The Morgan fingerprint density at radius 2 is 1.62 bits per heavy atom. The van der Waals surface area contributed by atoms with Gasteiger partial charge in [0.15, 0.2) is 0 Å². The molecule has 0 fully saturated rings. The first-order valence-electron chi connectivity index (χ1n) is 5.06. The van der Waals surface area contributed by atoms with E-state index in [2.05, 4.69) is 13.8 Å². The molecule has 0 aliphatic heterocycles. The van der Waals surface area contributed by atoms with E-state index in [9.17, 15) is 4.79 Å². The molecule has 0 bridgehead atoms. The van der Waals surface area contributed by atoms with Gasteiger partial charge in [-0.15, -0.1) is 24.8 Å². The highest BCUT2D eigenvalue weighted by Gasteiger charge is 2.16. The van der Waals surface area contributed by atoms with Crippen molar-refractivity contribution >= 4 is 30.7 Å². The number of amides is 1. The van der Waals surface area contributed by atoms with Gasteiger partial charge >= 0.3 is 0 Å². The van der Waals surface area contributed by atoms with Crippen molar-refractivity contribution in [1.29, 1.82) is 0 Å². The lowest BCUT2D eigenvalue weighted by Gasteiger charge is -2.27. The molecule has 1 amide bonds. The zero-order valence-electron chi connectivity index (χ0n) is 10.8. The number of likely N-dealkylation sites (N-methyl/N-ethyl adjacent to an activating group) is 2. The lowest BCUT2D eigenvalue weighted by atomic mass is 10.3. The number of halogens is 2. The maximum atomic E-state index is 11.7. The third-order valence-corrected chi connectivity index (χ3v) is 2.66. The van der Waals surface area contributed by atoms with Gasteiger partial charge in [0.1, 0.15) is 0 Å². The summed E-state index contributed by atoms with van der Waals surface area (Å²) in [5.74, 6) is 0.124. The third kappa shape index (κ3) is 7.28. The molecule has 100 valence electrons. The van der Waals surface area contributed by atoms with Crippen LogP contribution in [0.4, 0.5) is 0 Å². The summed E-state index contributed by atoms with van der Waals surface area (Å²) >= 11 is 0. The minimum atomic E-state index is 0. The highest BCUT2D eigenvalue weighted by molar-refractivity contribution is 5.85. The molecule has 0 heterocycles. The number of carbonyl (C=O) groups is 1. The van der Waals surface area contributed by atoms with Gasteiger partial charge in [-0.25, -0.2) is 0 Å². The van der Waals surface area contributed by atoms with E-state index >= 15 is 0 Å². The van der Waals surface area contributed by atoms with Gasteiger partial charge < -0.3 is 10.6 Å². The Morgan fingerprint density at radius 3 is 1.94 bits per heavy atom. The van der Waals surface area contributed by atoms with Crippen LogP contribution in [0.15, 0.2) is 0 Å². The molecule has 0 aromatic carbocycles. The number of nitrogens with two attached hydrogens (primary N) is 1. The Hall–Kier alpha value is -0.0300. The molecule has 0 saturated carbocycles. The molecule has 1 unspecified atom stereocenters. The van der Waals surface area contributed by atoms with E-state index in [1.807, 2.05) is 18.9 Å². The topological polar surface area (TPSA) is 49.6 Å². The normalized spacial score (nSPS) is 11.8. The fourth-order valence-electron chi connectivity index (χ4n) is 0.911. The number of hydrogen-bond donors (Lipinski definition) is 1. The van der Waals surface area contributed by atoms with Crippen molar-refractivity contribution < 1.29 is 4.79 Å². The summed E-state index contributed by atoms with van der Waals surface area (Å²) in [5, 5.41) is 0. The fraction of sp³-hybridized carbons (Fsp3) is 0.900. The van der Waals surface area contributed by atoms with Crippen LogP contribution in [0.1, 0.15) is 20.8 Å². The van der Waals surface area contributed by atoms with Crippen LogP contribution in [0.2, 0.25) is 0 Å². The molecule has 4 nitrogen and oxygen atoms in total. The molecule has 0 aliphatic rings. The smallest absolute Gasteiger partial charge is 0.236 e. The Kier molecular flexibility index (Phi) is 13.5. The molecule has 0 aromatic rings. The molecule has 0 spiro atoms. The molecule has 16 heavy (non-hydrogen) atoms. The number of hydrogen-bond acceptors (Lipinski definition) is 3. The van der Waals surface area contributed by atoms with Crippen molar-refractivity contribution in [3.8, 4) is 0 Å². The molecular weight excluding hydrogens is 249 g/mol. The summed E-state index contributed by atoms with van der Waals surface area (Å²) in [6.07, 6.45) is 0. The van der Waals surface area contributed by atoms with Crippen molar-refractivity contribution in [1.82, 2.24) is 9.80 Å². The van der Waals surface area contributed by atoms with Gasteiger partial charge in [0, 0.05) is 25.7 Å². The number of nitrogens with zero attached hydrogens (tertiary/aromatic N) is 2. The maximum Gasteiger partial charge on any atom is 0.236 e. The van der Waals surface area contributed by atoms with E-state index < -0.39 is 0 Å². The van der Waals surface area contributed by atoms with Crippen molar-refractivity contribution in [2.75, 3.05) is 27.2 Å². The predicted octanol–water partition coefficient (Wildman–Crippen LogP) is 0.976. The summed E-state index contributed by atoms with van der Waals surface area (Å²) in [4.78, 5) is 15.4. The fourth-order valence-corrected chi connectivity index (χ4v) is 0.911. The quantitative estimate of drug-likeness (QED) is 0.813. The molecule has 0 rings (SSSR count). The Balaban J connectivity index is -0.000000845. The lowest BCUT2D eigenvalue weighted by Crippen LogP contribution is -2.45. The molecule has 0 radical (unpaired) electrons. The average Bonchev–Trinajstić information content (AvgIpc) is 2.14. The molecule has 0 saturated heterocycles. The molecule has 1 atom stereocenters. The van der Waals surface area contributed by atoms with Gasteiger partial charge in [0.2, 0.25) is 5.91 Å². The number of rotatable bonds is 5. The van der Waals surface area contributed by atoms with Crippen LogP contribution in [-0.4, -0.2) is 55.0 Å². The second-order valence-corrected chi connectivity index (χ2v) is 4.10. The molecular formula is C10H25Cl2N3O. The van der Waals surface area contributed by atoms with E-state index in [1.165, 1.54) is 0 Å². The standard InChI is InChI=1S/C10H23N3O.2ClH/c1-8(2)12(4)7-10(14)13(5)9(3)6-11;;/h8-9H,6-7,11H2,1-5H3;2*1H. The summed E-state index contributed by atoms with van der Waals surface area (Å²) in [6.45, 7) is 7.05. The second-order valence-electron chi connectivity index (χ2n) is 4.10. The molecule has 6 heteroatoms. The Bertz CT molecular complexity index is 191. The molecule has 2 N–H and O–H groups in total. The van der Waals surface area contributed by atoms with Crippen molar-refractivity contribution in [3.63, 3.8) is 0 Å². The average molecular weight is 274 g/mol. The van der Waals surface area contributed by atoms with Gasteiger partial charge in [0.25, 0.3) is 0 Å². The van der Waals surface area contributed by atoms with Crippen LogP contribution in [0.5, 0.6) is 0 Å². The summed E-state index contributed by atoms with van der Waals surface area (Å²) in [6, 6.07) is 0.503. The minimum Gasteiger partial charge on any atom is -0.341 e. The highest BCUT2D eigenvalue weighted by atomic mass is 35.5. The first kappa shape index (κ1) is 21.3. The Labute approximate surface area is 111 Å². The zero-order valence-corrected chi connectivity index (χ0v) is 12.4. The maximum absolute atomic E-state index is 11.7. The van der Waals surface area contributed by atoms with Crippen molar-refractivity contribution in [2.45, 2.75) is 32.9 Å². The summed E-state index contributed by atoms with van der Waals surface area (Å²) in [7, 11) is 3.75. The number of carbonyl (C=O) groups excluding carboxylic acids is 1. The van der Waals surface area contributed by atoms with E-state index in [4.69, 9.17) is 5.73 Å². The van der Waals surface area contributed by atoms with E-state index in [0.717, 1.165) is 0 Å². The van der Waals surface area contributed by atoms with Crippen molar-refractivity contribution in [2.24, 2.45) is 5.73 Å². The first-order chi connectivity index (χ1) is 6.40. The predicted molar refractivity (Wildman–Crippen MR) is 73.5 cm³/mol. The zero-order chi connectivity index (χ0) is 11.3. The highest BCUT2D eigenvalue weighted by Crippen LogP contribution is 1.98. The van der Waals surface area contributed by atoms with Crippen LogP contribution >= 0.6 is 24.8 Å². The van der Waals surface area contributed by atoms with Gasteiger partial charge in [0.05, 0.1) is 6.54 Å². The SMILES string of the molecule is CC(C)N(C)CC(=O)N(C)C(C)CN.Cl.Cl. The van der Waals surface area contributed by atoms with Crippen LogP contribution < -0.4 is 5.73 Å². The monoisotopic (exact) mass is 273 g/mol. The minimum absolute atomic E-state index is 0. The van der Waals surface area contributed by atoms with Crippen LogP contribution in [0.25, 0.3) is 0 Å². The van der Waals surface area contributed by atoms with Gasteiger partial charge in [-0.1, -0.05) is 0 Å². The van der Waals surface area contributed by atoms with Crippen molar-refractivity contribution in [3.05, 3.63) is 0 Å². The van der Waals surface area contributed by atoms with Gasteiger partial charge in [-0.2, -0.15) is 0 Å². The van der Waals surface area contributed by atoms with E-state index in [1.54, 1.807) is 11.9 Å². The van der Waals surface area contributed by atoms with E-state index in [-0.39, 0.29) is 36.8 Å². The Morgan fingerprint density at radius 1 is 1.19 bits per heavy atom. The third-order valence-electron chi connectivity index (χ3n) is 2.66. The van der Waals surface area contributed by atoms with Crippen LogP contribution in [-0.2, 0) is 4.79 Å². The van der Waals surface area contributed by atoms with E-state index in [0.29, 0.717) is 19.1 Å². The van der Waals surface area contributed by atoms with Crippen LogP contribution in [0, 0.1) is 0 Å². The lowest BCUT2D eigenvalue weighted by molar-refractivity contribution is -0.132.